The van der Waals surface area contributed by atoms with Crippen molar-refractivity contribution in [2.45, 2.75) is 51.5 Å². The molecule has 8 nitrogen and oxygen atoms in total. The van der Waals surface area contributed by atoms with Gasteiger partial charge in [-0.05, 0) is 44.9 Å². The van der Waals surface area contributed by atoms with Gasteiger partial charge in [-0.1, -0.05) is 12.1 Å². The summed E-state index contributed by atoms with van der Waals surface area (Å²) in [4.78, 5) is 23.3. The molecule has 0 aliphatic carbocycles. The molecule has 0 bridgehead atoms. The molecular formula is C19H27NO7. The van der Waals surface area contributed by atoms with Crippen LogP contribution in [0.5, 0.6) is 5.75 Å². The summed E-state index contributed by atoms with van der Waals surface area (Å²) >= 11 is 0. The Morgan fingerprint density at radius 3 is 2.52 bits per heavy atom. The second-order valence-corrected chi connectivity index (χ2v) is 7.15. The smallest absolute Gasteiger partial charge is 0.408 e. The molecule has 0 saturated carbocycles. The zero-order valence-corrected chi connectivity index (χ0v) is 15.9. The molecule has 0 radical (unpaired) electrons. The van der Waals surface area contributed by atoms with Gasteiger partial charge >= 0.3 is 12.1 Å². The van der Waals surface area contributed by atoms with Crippen LogP contribution in [-0.4, -0.2) is 48.9 Å². The average Bonchev–Trinajstić information content (AvgIpc) is 3.09. The first kappa shape index (κ1) is 21.0. The van der Waals surface area contributed by atoms with Crippen LogP contribution in [0.2, 0.25) is 0 Å². The minimum absolute atomic E-state index is 0.147. The minimum atomic E-state index is -1.21. The highest BCUT2D eigenvalue weighted by Gasteiger charge is 2.25. The van der Waals surface area contributed by atoms with E-state index in [9.17, 15) is 14.7 Å². The Hall–Kier alpha value is -2.32. The van der Waals surface area contributed by atoms with Crippen molar-refractivity contribution in [1.82, 2.24) is 5.32 Å². The Morgan fingerprint density at radius 2 is 1.96 bits per heavy atom. The number of hydrogen-bond donors (Lipinski definition) is 2. The SMILES string of the molecule is CC(C)(C)OC(=O)N[C@H](C(=O)O)c1ccc(OCCOC2CCCO2)cc1. The molecule has 0 aromatic heterocycles. The van der Waals surface area contributed by atoms with E-state index in [2.05, 4.69) is 5.32 Å². The Morgan fingerprint density at radius 1 is 1.26 bits per heavy atom. The summed E-state index contributed by atoms with van der Waals surface area (Å²) in [5, 5.41) is 11.7. The van der Waals surface area contributed by atoms with E-state index in [0.29, 0.717) is 24.5 Å². The minimum Gasteiger partial charge on any atom is -0.491 e. The standard InChI is InChI=1S/C19H27NO7/c1-19(2,3)27-18(23)20-16(17(21)22)13-6-8-14(9-7-13)24-11-12-26-15-5-4-10-25-15/h6-9,15-16H,4-5,10-12H2,1-3H3,(H,20,23)(H,21,22)/t15?,16-/m0/s1. The average molecular weight is 381 g/mol. The van der Waals surface area contributed by atoms with E-state index in [4.69, 9.17) is 18.9 Å². The molecule has 8 heteroatoms. The summed E-state index contributed by atoms with van der Waals surface area (Å²) < 4.78 is 21.5. The zero-order valence-electron chi connectivity index (χ0n) is 15.9. The predicted molar refractivity (Wildman–Crippen MR) is 96.6 cm³/mol. The van der Waals surface area contributed by atoms with Gasteiger partial charge in [-0.25, -0.2) is 9.59 Å². The zero-order chi connectivity index (χ0) is 19.9. The Bertz CT molecular complexity index is 618. The van der Waals surface area contributed by atoms with E-state index in [1.54, 1.807) is 45.0 Å². The lowest BCUT2D eigenvalue weighted by atomic mass is 10.1. The van der Waals surface area contributed by atoms with E-state index < -0.39 is 23.7 Å². The number of carboxylic acid groups (broad SMARTS) is 1. The molecule has 2 atom stereocenters. The fourth-order valence-corrected chi connectivity index (χ4v) is 2.49. The van der Waals surface area contributed by atoms with E-state index >= 15 is 0 Å². The monoisotopic (exact) mass is 381 g/mol. The molecule has 150 valence electrons. The van der Waals surface area contributed by atoms with Gasteiger partial charge in [0.25, 0.3) is 0 Å². The molecular weight excluding hydrogens is 354 g/mol. The molecule has 1 aliphatic heterocycles. The number of carbonyl (C=O) groups is 2. The fraction of sp³-hybridized carbons (Fsp3) is 0.579. The highest BCUT2D eigenvalue weighted by molar-refractivity contribution is 5.81. The molecule has 2 N–H and O–H groups in total. The van der Waals surface area contributed by atoms with E-state index in [1.165, 1.54) is 0 Å². The summed E-state index contributed by atoms with van der Waals surface area (Å²) in [7, 11) is 0. The van der Waals surface area contributed by atoms with Gasteiger partial charge in [0.15, 0.2) is 12.3 Å². The van der Waals surface area contributed by atoms with Gasteiger partial charge in [-0.15, -0.1) is 0 Å². The van der Waals surface area contributed by atoms with Crippen molar-refractivity contribution in [1.29, 1.82) is 0 Å². The van der Waals surface area contributed by atoms with Crippen LogP contribution < -0.4 is 10.1 Å². The van der Waals surface area contributed by atoms with Gasteiger partial charge in [0.05, 0.1) is 6.61 Å². The second-order valence-electron chi connectivity index (χ2n) is 7.15. The van der Waals surface area contributed by atoms with Gasteiger partial charge in [0.1, 0.15) is 18.0 Å². The third kappa shape index (κ3) is 7.44. The van der Waals surface area contributed by atoms with Gasteiger partial charge in [0, 0.05) is 13.0 Å². The molecule has 1 unspecified atom stereocenters. The first-order valence-corrected chi connectivity index (χ1v) is 8.93. The van der Waals surface area contributed by atoms with E-state index in [0.717, 1.165) is 19.4 Å². The highest BCUT2D eigenvalue weighted by atomic mass is 16.7. The lowest BCUT2D eigenvalue weighted by molar-refractivity contribution is -0.139. The Kier molecular flexibility index (Phi) is 7.44. The van der Waals surface area contributed by atoms with E-state index in [-0.39, 0.29) is 6.29 Å². The maximum Gasteiger partial charge on any atom is 0.408 e. The molecule has 1 aromatic carbocycles. The quantitative estimate of drug-likeness (QED) is 0.667. The summed E-state index contributed by atoms with van der Waals surface area (Å²) in [5.74, 6) is -0.601. The van der Waals surface area contributed by atoms with Crippen molar-refractivity contribution in [2.75, 3.05) is 19.8 Å². The maximum atomic E-state index is 11.9. The first-order chi connectivity index (χ1) is 12.7. The lowest BCUT2D eigenvalue weighted by Gasteiger charge is -2.22. The van der Waals surface area contributed by atoms with Crippen LogP contribution >= 0.6 is 0 Å². The Labute approximate surface area is 158 Å². The lowest BCUT2D eigenvalue weighted by Crippen LogP contribution is -2.38. The van der Waals surface area contributed by atoms with Gasteiger partial charge in [-0.2, -0.15) is 0 Å². The largest absolute Gasteiger partial charge is 0.491 e. The fourth-order valence-electron chi connectivity index (χ4n) is 2.49. The third-order valence-electron chi connectivity index (χ3n) is 3.67. The summed E-state index contributed by atoms with van der Waals surface area (Å²) in [6.07, 6.45) is 0.970. The normalized spacial score (nSPS) is 18.0. The van der Waals surface area contributed by atoms with Crippen molar-refractivity contribution in [2.24, 2.45) is 0 Å². The topological polar surface area (TPSA) is 103 Å². The van der Waals surface area contributed by atoms with Crippen LogP contribution in [-0.2, 0) is 19.0 Å². The number of benzene rings is 1. The summed E-state index contributed by atoms with van der Waals surface area (Å²) in [5.41, 5.74) is -0.299. The van der Waals surface area contributed by atoms with Crippen LogP contribution in [0, 0.1) is 0 Å². The number of ether oxygens (including phenoxy) is 4. The summed E-state index contributed by atoms with van der Waals surface area (Å²) in [6.45, 7) is 6.61. The Balaban J connectivity index is 1.84. The van der Waals surface area contributed by atoms with Crippen LogP contribution in [0.3, 0.4) is 0 Å². The van der Waals surface area contributed by atoms with Crippen LogP contribution in [0.15, 0.2) is 24.3 Å². The number of aliphatic carboxylic acids is 1. The third-order valence-corrected chi connectivity index (χ3v) is 3.67. The molecule has 1 aromatic rings. The highest BCUT2D eigenvalue weighted by Crippen LogP contribution is 2.19. The van der Waals surface area contributed by atoms with Crippen molar-refractivity contribution in [3.63, 3.8) is 0 Å². The number of amides is 1. The van der Waals surface area contributed by atoms with Crippen LogP contribution in [0.25, 0.3) is 0 Å². The maximum absolute atomic E-state index is 11.9. The number of alkyl carbamates (subject to hydrolysis) is 1. The van der Waals surface area contributed by atoms with Crippen molar-refractivity contribution < 1.29 is 33.6 Å². The number of carbonyl (C=O) groups excluding carboxylic acids is 1. The number of rotatable bonds is 8. The van der Waals surface area contributed by atoms with Crippen molar-refractivity contribution >= 4 is 12.1 Å². The molecule has 1 fully saturated rings. The van der Waals surface area contributed by atoms with Crippen LogP contribution in [0.4, 0.5) is 4.79 Å². The molecule has 2 rings (SSSR count). The number of hydrogen-bond acceptors (Lipinski definition) is 6. The van der Waals surface area contributed by atoms with E-state index in [1.807, 2.05) is 0 Å². The predicted octanol–water partition coefficient (Wildman–Crippen LogP) is 2.87. The molecule has 27 heavy (non-hydrogen) atoms. The number of carboxylic acids is 1. The molecule has 0 spiro atoms. The van der Waals surface area contributed by atoms with Crippen molar-refractivity contribution in [3.05, 3.63) is 29.8 Å². The van der Waals surface area contributed by atoms with Crippen molar-refractivity contribution in [3.8, 4) is 5.75 Å². The molecule has 1 saturated heterocycles. The molecule has 1 amide bonds. The number of nitrogens with one attached hydrogen (secondary N) is 1. The van der Waals surface area contributed by atoms with Gasteiger partial charge in [-0.3, -0.25) is 0 Å². The van der Waals surface area contributed by atoms with Crippen LogP contribution in [0.1, 0.15) is 45.2 Å². The molecule has 1 heterocycles. The van der Waals surface area contributed by atoms with Gasteiger partial charge < -0.3 is 29.4 Å². The van der Waals surface area contributed by atoms with Gasteiger partial charge in [0.2, 0.25) is 0 Å². The first-order valence-electron chi connectivity index (χ1n) is 8.93. The second kappa shape index (κ2) is 9.57. The molecule has 1 aliphatic rings. The summed E-state index contributed by atoms with van der Waals surface area (Å²) in [6, 6.07) is 5.26.